The molecule has 4 heteroatoms. The van der Waals surface area contributed by atoms with Gasteiger partial charge in [-0.25, -0.2) is 9.38 Å². The molecule has 0 unspecified atom stereocenters. The van der Waals surface area contributed by atoms with Gasteiger partial charge in [-0.2, -0.15) is 0 Å². The number of hydrogen-bond acceptors (Lipinski definition) is 3. The number of rotatable bonds is 0. The fraction of sp³-hybridized carbons (Fsp3) is 0.125. The number of para-hydroxylation sites is 1. The smallest absolute Gasteiger partial charge is 0.150 e. The van der Waals surface area contributed by atoms with Crippen molar-refractivity contribution in [2.45, 2.75) is 4.90 Å². The number of aliphatic imine (C=N–C) groups is 1. The van der Waals surface area contributed by atoms with Crippen LogP contribution in [0.15, 0.2) is 28.1 Å². The maximum atomic E-state index is 13.1. The Balaban J connectivity index is 2.59. The van der Waals surface area contributed by atoms with Crippen molar-refractivity contribution in [3.05, 3.63) is 24.0 Å². The van der Waals surface area contributed by atoms with Gasteiger partial charge in [0.1, 0.15) is 17.3 Å². The summed E-state index contributed by atoms with van der Waals surface area (Å²) in [4.78, 5) is 4.81. The molecule has 0 aliphatic carbocycles. The Kier molecular flexibility index (Phi) is 1.77. The first kappa shape index (κ1) is 7.61. The Labute approximate surface area is 73.7 Å². The molecule has 12 heavy (non-hydrogen) atoms. The van der Waals surface area contributed by atoms with Crippen molar-refractivity contribution in [2.75, 3.05) is 5.75 Å². The molecule has 1 aromatic carbocycles. The summed E-state index contributed by atoms with van der Waals surface area (Å²) in [6.07, 6.45) is 0. The summed E-state index contributed by atoms with van der Waals surface area (Å²) in [5.41, 5.74) is 5.86. The predicted octanol–water partition coefficient (Wildman–Crippen LogP) is 1.92. The number of hydrogen-bond donors (Lipinski definition) is 1. The topological polar surface area (TPSA) is 38.4 Å². The summed E-state index contributed by atoms with van der Waals surface area (Å²) in [5, 5.41) is 0. The van der Waals surface area contributed by atoms with Crippen LogP contribution in [0, 0.1) is 5.82 Å². The normalized spacial score (nSPS) is 15.2. The third-order valence-electron chi connectivity index (χ3n) is 1.58. The minimum Gasteiger partial charge on any atom is -0.386 e. The summed E-state index contributed by atoms with van der Waals surface area (Å²) in [6, 6.07) is 4.92. The molecule has 1 aromatic rings. The van der Waals surface area contributed by atoms with E-state index in [1.165, 1.54) is 17.8 Å². The van der Waals surface area contributed by atoms with Crippen LogP contribution >= 0.6 is 11.8 Å². The lowest BCUT2D eigenvalue weighted by atomic mass is 10.3. The highest BCUT2D eigenvalue weighted by molar-refractivity contribution is 8.00. The molecule has 0 aromatic heterocycles. The van der Waals surface area contributed by atoms with Crippen LogP contribution in [0.2, 0.25) is 0 Å². The van der Waals surface area contributed by atoms with E-state index in [1.54, 1.807) is 6.07 Å². The Bertz CT molecular complexity index is 349. The van der Waals surface area contributed by atoms with E-state index in [1.807, 2.05) is 6.07 Å². The summed E-state index contributed by atoms with van der Waals surface area (Å²) in [5.74, 6) is 0.830. The molecule has 62 valence electrons. The van der Waals surface area contributed by atoms with Crippen molar-refractivity contribution in [3.63, 3.8) is 0 Å². The average Bonchev–Trinajstić information content (AvgIpc) is 2.07. The van der Waals surface area contributed by atoms with Gasteiger partial charge in [-0.3, -0.25) is 0 Å². The van der Waals surface area contributed by atoms with Crippen molar-refractivity contribution in [1.82, 2.24) is 0 Å². The van der Waals surface area contributed by atoms with Crippen LogP contribution in [-0.4, -0.2) is 11.6 Å². The van der Waals surface area contributed by atoms with Crippen molar-refractivity contribution in [1.29, 1.82) is 0 Å². The van der Waals surface area contributed by atoms with Crippen molar-refractivity contribution >= 4 is 23.3 Å². The van der Waals surface area contributed by atoms with Gasteiger partial charge in [0.05, 0.1) is 5.75 Å². The number of nitrogens with zero attached hydrogens (tertiary/aromatic N) is 1. The highest BCUT2D eigenvalue weighted by Gasteiger charge is 2.13. The SMILES string of the molecule is NC1=Nc2c(F)cccc2SC1. The van der Waals surface area contributed by atoms with E-state index in [4.69, 9.17) is 5.73 Å². The Hall–Kier alpha value is -1.03. The van der Waals surface area contributed by atoms with Gasteiger partial charge >= 0.3 is 0 Å². The predicted molar refractivity (Wildman–Crippen MR) is 48.4 cm³/mol. The highest BCUT2D eigenvalue weighted by atomic mass is 32.2. The minimum absolute atomic E-state index is 0.303. The van der Waals surface area contributed by atoms with Crippen LogP contribution in [0.3, 0.4) is 0 Å². The zero-order chi connectivity index (χ0) is 8.55. The van der Waals surface area contributed by atoms with Gasteiger partial charge in [-0.05, 0) is 12.1 Å². The van der Waals surface area contributed by atoms with Crippen molar-refractivity contribution in [2.24, 2.45) is 10.7 Å². The maximum Gasteiger partial charge on any atom is 0.150 e. The molecule has 2 nitrogen and oxygen atoms in total. The van der Waals surface area contributed by atoms with Crippen LogP contribution in [0.4, 0.5) is 10.1 Å². The molecule has 1 heterocycles. The molecule has 0 spiro atoms. The zero-order valence-corrected chi connectivity index (χ0v) is 7.07. The first-order chi connectivity index (χ1) is 5.77. The lowest BCUT2D eigenvalue weighted by Gasteiger charge is -2.11. The van der Waals surface area contributed by atoms with Crippen LogP contribution in [0.25, 0.3) is 0 Å². The van der Waals surface area contributed by atoms with E-state index in [0.29, 0.717) is 17.3 Å². The third-order valence-corrected chi connectivity index (χ3v) is 2.66. The molecular weight excluding hydrogens is 175 g/mol. The first-order valence-corrected chi connectivity index (χ1v) is 4.50. The quantitative estimate of drug-likeness (QED) is 0.665. The van der Waals surface area contributed by atoms with E-state index in [9.17, 15) is 4.39 Å². The Morgan fingerprint density at radius 2 is 2.33 bits per heavy atom. The van der Waals surface area contributed by atoms with E-state index < -0.39 is 0 Å². The third kappa shape index (κ3) is 1.18. The summed E-state index contributed by atoms with van der Waals surface area (Å²) < 4.78 is 13.1. The first-order valence-electron chi connectivity index (χ1n) is 3.52. The number of amidine groups is 1. The second-order valence-electron chi connectivity index (χ2n) is 2.48. The molecule has 2 rings (SSSR count). The number of fused-ring (bicyclic) bond motifs is 1. The van der Waals surface area contributed by atoms with Gasteiger partial charge in [0, 0.05) is 4.90 Å². The fourth-order valence-electron chi connectivity index (χ4n) is 1.05. The van der Waals surface area contributed by atoms with Gasteiger partial charge in [-0.1, -0.05) is 6.07 Å². The maximum absolute atomic E-state index is 13.1. The molecule has 0 saturated heterocycles. The fourth-order valence-corrected chi connectivity index (χ4v) is 1.87. The second-order valence-corrected chi connectivity index (χ2v) is 3.50. The van der Waals surface area contributed by atoms with Crippen molar-refractivity contribution in [3.8, 4) is 0 Å². The number of benzene rings is 1. The number of halogens is 1. The standard InChI is InChI=1S/C8H7FN2S/c9-5-2-1-3-6-8(5)11-7(10)4-12-6/h1-3H,4H2,(H2,10,11). The van der Waals surface area contributed by atoms with E-state index in [2.05, 4.69) is 4.99 Å². The van der Waals surface area contributed by atoms with Gasteiger partial charge in [0.2, 0.25) is 0 Å². The van der Waals surface area contributed by atoms with Gasteiger partial charge in [-0.15, -0.1) is 11.8 Å². The number of nitrogens with two attached hydrogens (primary N) is 1. The Morgan fingerprint density at radius 1 is 1.50 bits per heavy atom. The molecule has 0 saturated carbocycles. The zero-order valence-electron chi connectivity index (χ0n) is 6.25. The molecule has 1 aliphatic heterocycles. The monoisotopic (exact) mass is 182 g/mol. The molecular formula is C8H7FN2S. The number of thioether (sulfide) groups is 1. The van der Waals surface area contributed by atoms with E-state index >= 15 is 0 Å². The average molecular weight is 182 g/mol. The summed E-state index contributed by atoms with van der Waals surface area (Å²) in [6.45, 7) is 0. The molecule has 0 fully saturated rings. The van der Waals surface area contributed by atoms with E-state index in [-0.39, 0.29) is 5.82 Å². The lowest BCUT2D eigenvalue weighted by molar-refractivity contribution is 0.626. The molecule has 0 radical (unpaired) electrons. The van der Waals surface area contributed by atoms with Crippen LogP contribution in [0.1, 0.15) is 0 Å². The summed E-state index contributed by atoms with van der Waals surface area (Å²) in [7, 11) is 0. The highest BCUT2D eigenvalue weighted by Crippen LogP contribution is 2.34. The Morgan fingerprint density at radius 3 is 3.17 bits per heavy atom. The van der Waals surface area contributed by atoms with E-state index in [0.717, 1.165) is 4.90 Å². The molecule has 1 aliphatic rings. The van der Waals surface area contributed by atoms with Gasteiger partial charge in [0.15, 0.2) is 0 Å². The van der Waals surface area contributed by atoms with Crippen LogP contribution in [-0.2, 0) is 0 Å². The molecule has 0 bridgehead atoms. The lowest BCUT2D eigenvalue weighted by Crippen LogP contribution is -2.16. The molecule has 2 N–H and O–H groups in total. The van der Waals surface area contributed by atoms with Crippen LogP contribution in [0.5, 0.6) is 0 Å². The van der Waals surface area contributed by atoms with Gasteiger partial charge < -0.3 is 5.73 Å². The summed E-state index contributed by atoms with van der Waals surface area (Å²) >= 11 is 1.52. The molecule has 0 amide bonds. The second kappa shape index (κ2) is 2.79. The largest absolute Gasteiger partial charge is 0.386 e. The van der Waals surface area contributed by atoms with Gasteiger partial charge in [0.25, 0.3) is 0 Å². The van der Waals surface area contributed by atoms with Crippen molar-refractivity contribution < 1.29 is 4.39 Å². The van der Waals surface area contributed by atoms with Crippen LogP contribution < -0.4 is 5.73 Å². The minimum atomic E-state index is -0.303. The molecule has 0 atom stereocenters.